The second-order valence-corrected chi connectivity index (χ2v) is 4.20. The molecule has 0 saturated heterocycles. The molecule has 18 heavy (non-hydrogen) atoms. The van der Waals surface area contributed by atoms with E-state index in [1.165, 1.54) is 0 Å². The highest BCUT2D eigenvalue weighted by molar-refractivity contribution is 6.02. The van der Waals surface area contributed by atoms with Gasteiger partial charge in [0.1, 0.15) is 5.92 Å². The molecule has 0 fully saturated rings. The maximum absolute atomic E-state index is 12.3. The van der Waals surface area contributed by atoms with Crippen molar-refractivity contribution >= 4 is 5.78 Å². The van der Waals surface area contributed by atoms with Crippen molar-refractivity contribution in [1.29, 1.82) is 5.26 Å². The lowest BCUT2D eigenvalue weighted by molar-refractivity contribution is 0.0979. The lowest BCUT2D eigenvalue weighted by atomic mass is 9.92. The number of hydrogen-bond acceptors (Lipinski definition) is 2. The molecule has 0 aliphatic carbocycles. The van der Waals surface area contributed by atoms with Gasteiger partial charge in [0.25, 0.3) is 0 Å². The van der Waals surface area contributed by atoms with Crippen LogP contribution in [0, 0.1) is 18.3 Å². The maximum Gasteiger partial charge on any atom is 0.184 e. The van der Waals surface area contributed by atoms with Crippen molar-refractivity contribution in [3.8, 4) is 6.07 Å². The van der Waals surface area contributed by atoms with E-state index >= 15 is 0 Å². The second-order valence-electron chi connectivity index (χ2n) is 4.20. The Kier molecular flexibility index (Phi) is 3.54. The van der Waals surface area contributed by atoms with E-state index in [1.807, 2.05) is 37.3 Å². The van der Waals surface area contributed by atoms with E-state index in [1.54, 1.807) is 24.3 Å². The van der Waals surface area contributed by atoms with Gasteiger partial charge in [-0.15, -0.1) is 0 Å². The Hall–Kier alpha value is -2.40. The highest BCUT2D eigenvalue weighted by Gasteiger charge is 2.21. The number of carbonyl (C=O) groups is 1. The van der Waals surface area contributed by atoms with Gasteiger partial charge in [0.2, 0.25) is 0 Å². The minimum Gasteiger partial charge on any atom is -0.292 e. The van der Waals surface area contributed by atoms with E-state index in [9.17, 15) is 10.1 Å². The summed E-state index contributed by atoms with van der Waals surface area (Å²) in [6, 6.07) is 18.5. The van der Waals surface area contributed by atoms with E-state index in [4.69, 9.17) is 0 Å². The molecule has 0 saturated carbocycles. The summed E-state index contributed by atoms with van der Waals surface area (Å²) in [6.45, 7) is 1.97. The van der Waals surface area contributed by atoms with Gasteiger partial charge < -0.3 is 0 Å². The number of nitriles is 1. The fourth-order valence-corrected chi connectivity index (χ4v) is 1.81. The number of benzene rings is 2. The molecule has 0 aliphatic heterocycles. The number of ketones is 1. The van der Waals surface area contributed by atoms with E-state index < -0.39 is 5.92 Å². The van der Waals surface area contributed by atoms with Crippen molar-refractivity contribution < 1.29 is 4.79 Å². The average Bonchev–Trinajstić information content (AvgIpc) is 2.41. The Balaban J connectivity index is 2.32. The van der Waals surface area contributed by atoms with Crippen molar-refractivity contribution in [3.05, 3.63) is 71.3 Å². The van der Waals surface area contributed by atoms with Crippen LogP contribution in [0.1, 0.15) is 27.4 Å². The average molecular weight is 235 g/mol. The van der Waals surface area contributed by atoms with E-state index in [-0.39, 0.29) is 5.78 Å². The van der Waals surface area contributed by atoms with Gasteiger partial charge >= 0.3 is 0 Å². The third-order valence-corrected chi connectivity index (χ3v) is 2.86. The molecule has 0 spiro atoms. The normalized spacial score (nSPS) is 11.6. The van der Waals surface area contributed by atoms with Gasteiger partial charge in [-0.05, 0) is 12.5 Å². The molecular formula is C16H13NO. The lowest BCUT2D eigenvalue weighted by Crippen LogP contribution is -2.11. The quantitative estimate of drug-likeness (QED) is 0.764. The molecule has 0 heterocycles. The molecule has 0 aliphatic rings. The van der Waals surface area contributed by atoms with Gasteiger partial charge in [0.15, 0.2) is 5.78 Å². The van der Waals surface area contributed by atoms with Crippen LogP contribution in [-0.4, -0.2) is 5.78 Å². The lowest BCUT2D eigenvalue weighted by Gasteiger charge is -2.08. The molecule has 2 aromatic carbocycles. The van der Waals surface area contributed by atoms with Crippen LogP contribution in [0.2, 0.25) is 0 Å². The number of aryl methyl sites for hydroxylation is 1. The Morgan fingerprint density at radius 3 is 2.22 bits per heavy atom. The molecule has 2 heteroatoms. The molecule has 0 aromatic heterocycles. The Labute approximate surface area is 107 Å². The summed E-state index contributed by atoms with van der Waals surface area (Å²) in [5.74, 6) is -0.877. The summed E-state index contributed by atoms with van der Waals surface area (Å²) < 4.78 is 0. The second kappa shape index (κ2) is 5.29. The molecule has 0 unspecified atom stereocenters. The van der Waals surface area contributed by atoms with Gasteiger partial charge in [0, 0.05) is 5.56 Å². The highest BCUT2D eigenvalue weighted by Crippen LogP contribution is 2.20. The predicted octanol–water partition coefficient (Wildman–Crippen LogP) is 3.49. The zero-order chi connectivity index (χ0) is 13.0. The summed E-state index contributed by atoms with van der Waals surface area (Å²) in [5.41, 5.74) is 2.42. The standard InChI is InChI=1S/C16H13NO/c1-12-7-9-14(10-8-12)16(18)15(11-17)13-5-3-2-4-6-13/h2-10,15H,1H3/t15-/m1/s1. The zero-order valence-electron chi connectivity index (χ0n) is 10.1. The van der Waals surface area contributed by atoms with E-state index in [2.05, 4.69) is 6.07 Å². The third kappa shape index (κ3) is 2.46. The SMILES string of the molecule is Cc1ccc(C(=O)[C@H](C#N)c2ccccc2)cc1. The smallest absolute Gasteiger partial charge is 0.184 e. The third-order valence-electron chi connectivity index (χ3n) is 2.86. The molecule has 1 atom stereocenters. The summed E-state index contributed by atoms with van der Waals surface area (Å²) in [7, 11) is 0. The summed E-state index contributed by atoms with van der Waals surface area (Å²) in [5, 5.41) is 9.19. The maximum atomic E-state index is 12.3. The molecular weight excluding hydrogens is 222 g/mol. The number of carbonyl (C=O) groups excluding carboxylic acids is 1. The van der Waals surface area contributed by atoms with Crippen LogP contribution in [0.25, 0.3) is 0 Å². The molecule has 0 bridgehead atoms. The fraction of sp³-hybridized carbons (Fsp3) is 0.125. The van der Waals surface area contributed by atoms with Crippen LogP contribution in [0.3, 0.4) is 0 Å². The van der Waals surface area contributed by atoms with Crippen molar-refractivity contribution in [1.82, 2.24) is 0 Å². The van der Waals surface area contributed by atoms with Crippen molar-refractivity contribution in [2.24, 2.45) is 0 Å². The van der Waals surface area contributed by atoms with Gasteiger partial charge in [-0.2, -0.15) is 5.26 Å². The Morgan fingerprint density at radius 2 is 1.67 bits per heavy atom. The summed E-state index contributed by atoms with van der Waals surface area (Å²) in [6.07, 6.45) is 0. The van der Waals surface area contributed by atoms with Crippen LogP contribution in [0.4, 0.5) is 0 Å². The molecule has 2 aromatic rings. The van der Waals surface area contributed by atoms with Crippen LogP contribution >= 0.6 is 0 Å². The topological polar surface area (TPSA) is 40.9 Å². The van der Waals surface area contributed by atoms with E-state index in [0.29, 0.717) is 5.56 Å². The highest BCUT2D eigenvalue weighted by atomic mass is 16.1. The van der Waals surface area contributed by atoms with Gasteiger partial charge in [-0.1, -0.05) is 60.2 Å². The van der Waals surface area contributed by atoms with Gasteiger partial charge in [-0.3, -0.25) is 4.79 Å². The molecule has 0 radical (unpaired) electrons. The zero-order valence-corrected chi connectivity index (χ0v) is 10.1. The van der Waals surface area contributed by atoms with Gasteiger partial charge in [-0.25, -0.2) is 0 Å². The summed E-state index contributed by atoms with van der Waals surface area (Å²) >= 11 is 0. The molecule has 0 N–H and O–H groups in total. The Bertz CT molecular complexity index is 579. The monoisotopic (exact) mass is 235 g/mol. The van der Waals surface area contributed by atoms with Crippen molar-refractivity contribution in [2.75, 3.05) is 0 Å². The first-order chi connectivity index (χ1) is 8.72. The Morgan fingerprint density at radius 1 is 1.06 bits per heavy atom. The van der Waals surface area contributed by atoms with Crippen LogP contribution in [0.15, 0.2) is 54.6 Å². The van der Waals surface area contributed by atoms with Crippen LogP contribution in [0.5, 0.6) is 0 Å². The van der Waals surface area contributed by atoms with Crippen molar-refractivity contribution in [3.63, 3.8) is 0 Å². The van der Waals surface area contributed by atoms with E-state index in [0.717, 1.165) is 11.1 Å². The first-order valence-electron chi connectivity index (χ1n) is 5.78. The number of nitrogens with zero attached hydrogens (tertiary/aromatic N) is 1. The molecule has 2 nitrogen and oxygen atoms in total. The fourth-order valence-electron chi connectivity index (χ4n) is 1.81. The van der Waals surface area contributed by atoms with Crippen LogP contribution < -0.4 is 0 Å². The number of rotatable bonds is 3. The minimum atomic E-state index is -0.728. The summed E-state index contributed by atoms with van der Waals surface area (Å²) in [4.78, 5) is 12.3. The molecule has 88 valence electrons. The number of Topliss-reactive ketones (excluding diaryl/α,β-unsaturated/α-hetero) is 1. The largest absolute Gasteiger partial charge is 0.292 e. The van der Waals surface area contributed by atoms with Crippen LogP contribution in [-0.2, 0) is 0 Å². The first kappa shape index (κ1) is 12.1. The predicted molar refractivity (Wildman–Crippen MR) is 70.3 cm³/mol. The molecule has 2 rings (SSSR count). The van der Waals surface area contributed by atoms with Crippen molar-refractivity contribution in [2.45, 2.75) is 12.8 Å². The first-order valence-corrected chi connectivity index (χ1v) is 5.78. The minimum absolute atomic E-state index is 0.149. The number of hydrogen-bond donors (Lipinski definition) is 0. The van der Waals surface area contributed by atoms with Gasteiger partial charge in [0.05, 0.1) is 6.07 Å². The molecule has 0 amide bonds.